The third-order valence-corrected chi connectivity index (χ3v) is 2.91. The van der Waals surface area contributed by atoms with Gasteiger partial charge >= 0.3 is 0 Å². The van der Waals surface area contributed by atoms with E-state index in [-0.39, 0.29) is 18.3 Å². The molecule has 0 aliphatic rings. The fraction of sp³-hybridized carbons (Fsp3) is 0.250. The van der Waals surface area contributed by atoms with E-state index in [9.17, 15) is 4.79 Å². The summed E-state index contributed by atoms with van der Waals surface area (Å²) in [4.78, 5) is 12.0. The number of aryl methyl sites for hydroxylation is 2. The number of carbonyl (C=O) groups excluding carboxylic acids is 1. The summed E-state index contributed by atoms with van der Waals surface area (Å²) in [5.41, 5.74) is 3.14. The summed E-state index contributed by atoms with van der Waals surface area (Å²) in [6, 6.07) is 5.48. The van der Waals surface area contributed by atoms with Crippen LogP contribution < -0.4 is 5.32 Å². The molecule has 0 radical (unpaired) electrons. The Balaban J connectivity index is 2.18. The topological polar surface area (TPSA) is 75.4 Å². The molecule has 0 spiro atoms. The zero-order chi connectivity index (χ0) is 15.2. The molecule has 1 amide bonds. The van der Waals surface area contributed by atoms with Crippen LogP contribution in [0.4, 0.5) is 5.69 Å². The third kappa shape index (κ3) is 3.71. The normalized spacial score (nSPS) is 9.86. The molecule has 0 atom stereocenters. The molecule has 0 aliphatic heterocycles. The van der Waals surface area contributed by atoms with E-state index >= 15 is 0 Å². The molecule has 0 unspecified atom stereocenters. The highest BCUT2D eigenvalue weighted by molar-refractivity contribution is 6.03. The number of benzene rings is 1. The number of nitrogens with zero attached hydrogens (tertiary/aromatic N) is 1. The molecule has 21 heavy (non-hydrogen) atoms. The number of hydrogen-bond donors (Lipinski definition) is 2. The Hall–Kier alpha value is -2.58. The first-order chi connectivity index (χ1) is 10.1. The van der Waals surface area contributed by atoms with Gasteiger partial charge in [0, 0.05) is 23.2 Å². The number of hydrogen-bond acceptors (Lipinski definition) is 4. The van der Waals surface area contributed by atoms with Gasteiger partial charge in [0.1, 0.15) is 0 Å². The van der Waals surface area contributed by atoms with Gasteiger partial charge in [0.05, 0.1) is 12.8 Å². The molecule has 0 saturated heterocycles. The van der Waals surface area contributed by atoms with Gasteiger partial charge in [-0.05, 0) is 31.5 Å². The van der Waals surface area contributed by atoms with Crippen molar-refractivity contribution in [1.29, 1.82) is 0 Å². The SMILES string of the molecule is Cc1ccc(NC(=O)c2oncc2C)cc1C#CCCO. The number of anilines is 1. The average Bonchev–Trinajstić information content (AvgIpc) is 2.89. The summed E-state index contributed by atoms with van der Waals surface area (Å²) in [6.45, 7) is 3.73. The lowest BCUT2D eigenvalue weighted by Crippen LogP contribution is -2.12. The fourth-order valence-electron chi connectivity index (χ4n) is 1.75. The number of aliphatic hydroxyl groups is 1. The summed E-state index contributed by atoms with van der Waals surface area (Å²) in [5, 5.41) is 15.1. The second-order valence-corrected chi connectivity index (χ2v) is 4.60. The maximum Gasteiger partial charge on any atom is 0.294 e. The molecule has 5 heteroatoms. The van der Waals surface area contributed by atoms with Crippen molar-refractivity contribution in [3.63, 3.8) is 0 Å². The number of carbonyl (C=O) groups is 1. The molecule has 1 heterocycles. The van der Waals surface area contributed by atoms with Crippen LogP contribution in [0, 0.1) is 25.7 Å². The van der Waals surface area contributed by atoms with Gasteiger partial charge in [-0.2, -0.15) is 0 Å². The van der Waals surface area contributed by atoms with Crippen LogP contribution in [0.2, 0.25) is 0 Å². The number of aliphatic hydroxyl groups excluding tert-OH is 1. The standard InChI is InChI=1S/C16H16N2O3/c1-11-6-7-14(9-13(11)5-3-4-8-19)18-16(20)15-12(2)10-17-21-15/h6-7,9-10,19H,4,8H2,1-2H3,(H,18,20). The van der Waals surface area contributed by atoms with E-state index < -0.39 is 0 Å². The van der Waals surface area contributed by atoms with Crippen molar-refractivity contribution < 1.29 is 14.4 Å². The highest BCUT2D eigenvalue weighted by atomic mass is 16.5. The van der Waals surface area contributed by atoms with Gasteiger partial charge in [0.25, 0.3) is 5.91 Å². The number of nitrogens with one attached hydrogen (secondary N) is 1. The van der Waals surface area contributed by atoms with Crippen LogP contribution in [0.5, 0.6) is 0 Å². The Morgan fingerprint density at radius 3 is 2.86 bits per heavy atom. The van der Waals surface area contributed by atoms with E-state index in [1.807, 2.05) is 13.0 Å². The van der Waals surface area contributed by atoms with E-state index in [4.69, 9.17) is 9.63 Å². The largest absolute Gasteiger partial charge is 0.395 e. The quantitative estimate of drug-likeness (QED) is 0.848. The van der Waals surface area contributed by atoms with Crippen LogP contribution in [0.3, 0.4) is 0 Å². The summed E-state index contributed by atoms with van der Waals surface area (Å²) >= 11 is 0. The summed E-state index contributed by atoms with van der Waals surface area (Å²) < 4.78 is 4.91. The van der Waals surface area contributed by atoms with Gasteiger partial charge < -0.3 is 14.9 Å². The van der Waals surface area contributed by atoms with Crippen molar-refractivity contribution in [1.82, 2.24) is 5.16 Å². The molecule has 1 aromatic carbocycles. The monoisotopic (exact) mass is 284 g/mol. The zero-order valence-corrected chi connectivity index (χ0v) is 11.9. The molecule has 2 rings (SSSR count). The van der Waals surface area contributed by atoms with E-state index in [2.05, 4.69) is 22.3 Å². The first kappa shape index (κ1) is 14.8. The Kier molecular flexibility index (Phi) is 4.75. The zero-order valence-electron chi connectivity index (χ0n) is 11.9. The van der Waals surface area contributed by atoms with Crippen LogP contribution in [0.25, 0.3) is 0 Å². The summed E-state index contributed by atoms with van der Waals surface area (Å²) in [5.74, 6) is 5.70. The van der Waals surface area contributed by atoms with Gasteiger partial charge in [-0.25, -0.2) is 0 Å². The lowest BCUT2D eigenvalue weighted by molar-refractivity contribution is 0.0987. The van der Waals surface area contributed by atoms with Crippen LogP contribution >= 0.6 is 0 Å². The Morgan fingerprint density at radius 2 is 2.19 bits per heavy atom. The number of aromatic nitrogens is 1. The second kappa shape index (κ2) is 6.73. The Labute approximate surface area is 123 Å². The van der Waals surface area contributed by atoms with E-state index in [1.54, 1.807) is 19.1 Å². The van der Waals surface area contributed by atoms with E-state index in [0.29, 0.717) is 17.7 Å². The van der Waals surface area contributed by atoms with Gasteiger partial charge in [-0.1, -0.05) is 23.1 Å². The molecular formula is C16H16N2O3. The fourth-order valence-corrected chi connectivity index (χ4v) is 1.75. The van der Waals surface area contributed by atoms with Crippen molar-refractivity contribution in [3.05, 3.63) is 46.8 Å². The minimum atomic E-state index is -0.344. The first-order valence-electron chi connectivity index (χ1n) is 6.55. The maximum absolute atomic E-state index is 12.0. The lowest BCUT2D eigenvalue weighted by Gasteiger charge is -2.06. The smallest absolute Gasteiger partial charge is 0.294 e. The first-order valence-corrected chi connectivity index (χ1v) is 6.55. The predicted octanol–water partition coefficient (Wildman–Crippen LogP) is 2.28. The molecule has 2 N–H and O–H groups in total. The van der Waals surface area contributed by atoms with Gasteiger partial charge in [-0.15, -0.1) is 0 Å². The second-order valence-electron chi connectivity index (χ2n) is 4.60. The van der Waals surface area contributed by atoms with Crippen molar-refractivity contribution >= 4 is 11.6 Å². The van der Waals surface area contributed by atoms with Crippen molar-refractivity contribution in [2.24, 2.45) is 0 Å². The minimum Gasteiger partial charge on any atom is -0.395 e. The molecule has 1 aromatic heterocycles. The Bertz CT molecular complexity index is 708. The Morgan fingerprint density at radius 1 is 1.38 bits per heavy atom. The predicted molar refractivity (Wildman–Crippen MR) is 79.0 cm³/mol. The molecular weight excluding hydrogens is 268 g/mol. The summed E-state index contributed by atoms with van der Waals surface area (Å²) in [7, 11) is 0. The number of amides is 1. The molecule has 0 aliphatic carbocycles. The third-order valence-electron chi connectivity index (χ3n) is 2.91. The highest BCUT2D eigenvalue weighted by Crippen LogP contribution is 2.16. The average molecular weight is 284 g/mol. The molecule has 0 saturated carbocycles. The van der Waals surface area contributed by atoms with Gasteiger partial charge in [0.2, 0.25) is 5.76 Å². The lowest BCUT2D eigenvalue weighted by atomic mass is 10.1. The van der Waals surface area contributed by atoms with Crippen molar-refractivity contribution in [2.75, 3.05) is 11.9 Å². The molecule has 0 fully saturated rings. The maximum atomic E-state index is 12.0. The van der Waals surface area contributed by atoms with Crippen molar-refractivity contribution in [2.45, 2.75) is 20.3 Å². The van der Waals surface area contributed by atoms with E-state index in [0.717, 1.165) is 11.1 Å². The molecule has 108 valence electrons. The molecule has 5 nitrogen and oxygen atoms in total. The van der Waals surface area contributed by atoms with Crippen LogP contribution in [0.15, 0.2) is 28.9 Å². The minimum absolute atomic E-state index is 0.0350. The van der Waals surface area contributed by atoms with E-state index in [1.165, 1.54) is 6.20 Å². The van der Waals surface area contributed by atoms with Gasteiger partial charge in [-0.3, -0.25) is 4.79 Å². The molecule has 2 aromatic rings. The highest BCUT2D eigenvalue weighted by Gasteiger charge is 2.14. The van der Waals surface area contributed by atoms with Crippen LogP contribution in [-0.2, 0) is 0 Å². The summed E-state index contributed by atoms with van der Waals surface area (Å²) in [6.07, 6.45) is 1.92. The van der Waals surface area contributed by atoms with Crippen molar-refractivity contribution in [3.8, 4) is 11.8 Å². The molecule has 0 bridgehead atoms. The van der Waals surface area contributed by atoms with Crippen LogP contribution in [0.1, 0.15) is 33.7 Å². The number of rotatable bonds is 3. The van der Waals surface area contributed by atoms with Crippen LogP contribution in [-0.4, -0.2) is 22.8 Å². The van der Waals surface area contributed by atoms with Gasteiger partial charge in [0.15, 0.2) is 0 Å².